The van der Waals surface area contributed by atoms with Crippen LogP contribution in [0.1, 0.15) is 29.9 Å². The Labute approximate surface area is 100 Å². The summed E-state index contributed by atoms with van der Waals surface area (Å²) in [7, 11) is 0. The van der Waals surface area contributed by atoms with Gasteiger partial charge in [0.1, 0.15) is 11.6 Å². The van der Waals surface area contributed by atoms with Gasteiger partial charge in [-0.2, -0.15) is 0 Å². The summed E-state index contributed by atoms with van der Waals surface area (Å²) in [4.78, 5) is 4.48. The third-order valence-electron chi connectivity index (χ3n) is 3.36. The van der Waals surface area contributed by atoms with Gasteiger partial charge in [0.05, 0.1) is 0 Å². The fraction of sp³-hybridized carbons (Fsp3) is 0.357. The van der Waals surface area contributed by atoms with E-state index in [9.17, 15) is 4.39 Å². The molecule has 1 aliphatic heterocycles. The second-order valence-corrected chi connectivity index (χ2v) is 4.58. The molecule has 2 heterocycles. The summed E-state index contributed by atoms with van der Waals surface area (Å²) in [6, 6.07) is 6.68. The lowest BCUT2D eigenvalue weighted by Gasteiger charge is -2.16. The highest BCUT2D eigenvalue weighted by molar-refractivity contribution is 5.21. The zero-order valence-corrected chi connectivity index (χ0v) is 9.69. The summed E-state index contributed by atoms with van der Waals surface area (Å²) in [6.07, 6.45) is 6.41. The number of fused-ring (bicyclic) bond motifs is 1. The standard InChI is InChI=1S/C14H15FN2/c15-12-6-4-11(5-7-12)9-14-16-10-13-3-1-2-8-17(13)14/h4-7,10H,1-3,8-9H2. The molecule has 0 bridgehead atoms. The van der Waals surface area contributed by atoms with Gasteiger partial charge in [0.25, 0.3) is 0 Å². The molecule has 17 heavy (non-hydrogen) atoms. The van der Waals surface area contributed by atoms with Crippen LogP contribution in [0.15, 0.2) is 30.5 Å². The molecule has 2 aromatic rings. The summed E-state index contributed by atoms with van der Waals surface area (Å²) in [5.41, 5.74) is 2.46. The van der Waals surface area contributed by atoms with Gasteiger partial charge in [-0.05, 0) is 37.0 Å². The third kappa shape index (κ3) is 2.09. The molecule has 88 valence electrons. The highest BCUT2D eigenvalue weighted by Crippen LogP contribution is 2.18. The molecule has 0 saturated heterocycles. The second-order valence-electron chi connectivity index (χ2n) is 4.58. The van der Waals surface area contributed by atoms with Crippen molar-refractivity contribution in [3.63, 3.8) is 0 Å². The van der Waals surface area contributed by atoms with E-state index in [0.29, 0.717) is 0 Å². The summed E-state index contributed by atoms with van der Waals surface area (Å²) >= 11 is 0. The van der Waals surface area contributed by atoms with Crippen LogP contribution in [0, 0.1) is 5.82 Å². The minimum Gasteiger partial charge on any atom is -0.332 e. The van der Waals surface area contributed by atoms with Crippen LogP contribution in [0.3, 0.4) is 0 Å². The zero-order valence-electron chi connectivity index (χ0n) is 9.69. The fourth-order valence-electron chi connectivity index (χ4n) is 2.43. The maximum absolute atomic E-state index is 12.8. The van der Waals surface area contributed by atoms with Gasteiger partial charge in [0.2, 0.25) is 0 Å². The molecule has 3 heteroatoms. The van der Waals surface area contributed by atoms with E-state index in [-0.39, 0.29) is 5.82 Å². The van der Waals surface area contributed by atoms with E-state index in [4.69, 9.17) is 0 Å². The highest BCUT2D eigenvalue weighted by atomic mass is 19.1. The Kier molecular flexibility index (Phi) is 2.67. The van der Waals surface area contributed by atoms with Crippen LogP contribution >= 0.6 is 0 Å². The predicted octanol–water partition coefficient (Wildman–Crippen LogP) is 2.95. The van der Waals surface area contributed by atoms with E-state index in [1.54, 1.807) is 0 Å². The molecule has 2 nitrogen and oxygen atoms in total. The number of nitrogens with zero attached hydrogens (tertiary/aromatic N) is 2. The molecule has 0 saturated carbocycles. The maximum Gasteiger partial charge on any atom is 0.123 e. The van der Waals surface area contributed by atoms with Crippen molar-refractivity contribution >= 4 is 0 Å². The second kappa shape index (κ2) is 4.32. The van der Waals surface area contributed by atoms with Gasteiger partial charge in [0.15, 0.2) is 0 Å². The molecule has 0 atom stereocenters. The van der Waals surface area contributed by atoms with Gasteiger partial charge in [-0.25, -0.2) is 9.37 Å². The highest BCUT2D eigenvalue weighted by Gasteiger charge is 2.13. The minimum absolute atomic E-state index is 0.182. The van der Waals surface area contributed by atoms with Crippen molar-refractivity contribution in [2.75, 3.05) is 0 Å². The summed E-state index contributed by atoms with van der Waals surface area (Å²) in [5.74, 6) is 0.921. The van der Waals surface area contributed by atoms with Crippen molar-refractivity contribution in [1.82, 2.24) is 9.55 Å². The van der Waals surface area contributed by atoms with E-state index in [0.717, 1.165) is 30.8 Å². The van der Waals surface area contributed by atoms with Crippen LogP contribution in [0.25, 0.3) is 0 Å². The molecule has 0 spiro atoms. The normalized spacial score (nSPS) is 14.6. The number of halogens is 1. The van der Waals surface area contributed by atoms with Gasteiger partial charge in [0, 0.05) is 24.9 Å². The molecule has 0 N–H and O–H groups in total. The lowest BCUT2D eigenvalue weighted by Crippen LogP contribution is -2.12. The van der Waals surface area contributed by atoms with Gasteiger partial charge in [-0.3, -0.25) is 0 Å². The molecular formula is C14H15FN2. The smallest absolute Gasteiger partial charge is 0.123 e. The first-order valence-electron chi connectivity index (χ1n) is 6.10. The number of aromatic nitrogens is 2. The largest absolute Gasteiger partial charge is 0.332 e. The Bertz CT molecular complexity index is 514. The Morgan fingerprint density at radius 1 is 1.18 bits per heavy atom. The Balaban J connectivity index is 1.85. The molecule has 3 rings (SSSR count). The molecule has 1 aromatic carbocycles. The third-order valence-corrected chi connectivity index (χ3v) is 3.36. The number of imidazole rings is 1. The Hall–Kier alpha value is -1.64. The van der Waals surface area contributed by atoms with E-state index in [1.165, 1.54) is 30.7 Å². The lowest BCUT2D eigenvalue weighted by atomic mass is 10.1. The van der Waals surface area contributed by atoms with Crippen LogP contribution in [0.4, 0.5) is 4.39 Å². The van der Waals surface area contributed by atoms with Crippen molar-refractivity contribution in [3.05, 3.63) is 53.4 Å². The van der Waals surface area contributed by atoms with Crippen molar-refractivity contribution < 1.29 is 4.39 Å². The van der Waals surface area contributed by atoms with E-state index >= 15 is 0 Å². The SMILES string of the molecule is Fc1ccc(Cc2ncc3n2CCCC3)cc1. The summed E-state index contributed by atoms with van der Waals surface area (Å²) in [5, 5.41) is 0. The van der Waals surface area contributed by atoms with Gasteiger partial charge in [-0.1, -0.05) is 12.1 Å². The topological polar surface area (TPSA) is 17.8 Å². The van der Waals surface area contributed by atoms with Gasteiger partial charge in [-0.15, -0.1) is 0 Å². The lowest BCUT2D eigenvalue weighted by molar-refractivity contribution is 0.518. The molecule has 1 aliphatic rings. The monoisotopic (exact) mass is 230 g/mol. The van der Waals surface area contributed by atoms with Crippen molar-refractivity contribution in [3.8, 4) is 0 Å². The first-order chi connectivity index (χ1) is 8.33. The fourth-order valence-corrected chi connectivity index (χ4v) is 2.43. The number of hydrogen-bond donors (Lipinski definition) is 0. The van der Waals surface area contributed by atoms with Gasteiger partial charge >= 0.3 is 0 Å². The molecule has 0 amide bonds. The Morgan fingerprint density at radius 2 is 2.00 bits per heavy atom. The first kappa shape index (κ1) is 10.5. The number of hydrogen-bond acceptors (Lipinski definition) is 1. The Morgan fingerprint density at radius 3 is 2.82 bits per heavy atom. The molecule has 1 aromatic heterocycles. The van der Waals surface area contributed by atoms with E-state index in [2.05, 4.69) is 9.55 Å². The van der Waals surface area contributed by atoms with Crippen molar-refractivity contribution in [1.29, 1.82) is 0 Å². The maximum atomic E-state index is 12.8. The quantitative estimate of drug-likeness (QED) is 0.775. The summed E-state index contributed by atoms with van der Waals surface area (Å²) in [6.45, 7) is 1.08. The zero-order chi connectivity index (χ0) is 11.7. The molecule has 0 aliphatic carbocycles. The van der Waals surface area contributed by atoms with Crippen LogP contribution < -0.4 is 0 Å². The minimum atomic E-state index is -0.182. The molecule has 0 fully saturated rings. The summed E-state index contributed by atoms with van der Waals surface area (Å²) < 4.78 is 15.1. The average Bonchev–Trinajstić information content (AvgIpc) is 2.76. The van der Waals surface area contributed by atoms with Crippen molar-refractivity contribution in [2.24, 2.45) is 0 Å². The van der Waals surface area contributed by atoms with Crippen LogP contribution in [-0.4, -0.2) is 9.55 Å². The number of benzene rings is 1. The number of aryl methyl sites for hydroxylation is 1. The van der Waals surface area contributed by atoms with Crippen molar-refractivity contribution in [2.45, 2.75) is 32.2 Å². The van der Waals surface area contributed by atoms with E-state index in [1.807, 2.05) is 18.3 Å². The van der Waals surface area contributed by atoms with Crippen LogP contribution in [0.2, 0.25) is 0 Å². The predicted molar refractivity (Wildman–Crippen MR) is 64.4 cm³/mol. The first-order valence-corrected chi connectivity index (χ1v) is 6.10. The molecule has 0 unspecified atom stereocenters. The number of rotatable bonds is 2. The molecular weight excluding hydrogens is 215 g/mol. The van der Waals surface area contributed by atoms with Gasteiger partial charge < -0.3 is 4.57 Å². The van der Waals surface area contributed by atoms with E-state index < -0.39 is 0 Å². The van der Waals surface area contributed by atoms with Crippen LogP contribution in [-0.2, 0) is 19.4 Å². The average molecular weight is 230 g/mol. The van der Waals surface area contributed by atoms with Crippen LogP contribution in [0.5, 0.6) is 0 Å². The molecule has 0 radical (unpaired) electrons.